The van der Waals surface area contributed by atoms with Crippen LogP contribution in [0.5, 0.6) is 0 Å². The zero-order valence-electron chi connectivity index (χ0n) is 15.8. The van der Waals surface area contributed by atoms with Crippen LogP contribution in [0.4, 0.5) is 0 Å². The second-order valence-electron chi connectivity index (χ2n) is 7.14. The summed E-state index contributed by atoms with van der Waals surface area (Å²) in [5, 5.41) is 6.87. The molecule has 0 atom stereocenters. The van der Waals surface area contributed by atoms with Crippen molar-refractivity contribution in [3.8, 4) is 0 Å². The number of nitrogens with one attached hydrogen (secondary N) is 2. The molecule has 5 nitrogen and oxygen atoms in total. The molecule has 0 aromatic carbocycles. The standard InChI is InChI=1S/C19H33N3O2.HI/c1-4-23-13-10-19(8-9-19)15-22-18(21-14-16(2)3)20-11-7-17-6-5-12-24-17;/h5-6,12,16H,4,7-11,13-15H2,1-3H3,(H2,20,21,22);1H. The molecule has 6 heteroatoms. The highest BCUT2D eigenvalue weighted by atomic mass is 127. The largest absolute Gasteiger partial charge is 0.469 e. The van der Waals surface area contributed by atoms with Crippen molar-refractivity contribution >= 4 is 29.9 Å². The second-order valence-corrected chi connectivity index (χ2v) is 7.14. The van der Waals surface area contributed by atoms with Gasteiger partial charge in [0.25, 0.3) is 0 Å². The van der Waals surface area contributed by atoms with Gasteiger partial charge in [0.15, 0.2) is 5.96 Å². The molecule has 25 heavy (non-hydrogen) atoms. The maximum Gasteiger partial charge on any atom is 0.191 e. The number of hydrogen-bond donors (Lipinski definition) is 2. The molecule has 1 saturated carbocycles. The highest BCUT2D eigenvalue weighted by Gasteiger charge is 2.41. The Balaban J connectivity index is 0.00000312. The van der Waals surface area contributed by atoms with Gasteiger partial charge >= 0.3 is 0 Å². The van der Waals surface area contributed by atoms with E-state index in [1.54, 1.807) is 6.26 Å². The van der Waals surface area contributed by atoms with Crippen LogP contribution in [0, 0.1) is 11.3 Å². The average Bonchev–Trinajstić information content (AvgIpc) is 3.13. The lowest BCUT2D eigenvalue weighted by atomic mass is 10.0. The summed E-state index contributed by atoms with van der Waals surface area (Å²) in [6.45, 7) is 10.8. The lowest BCUT2D eigenvalue weighted by Gasteiger charge is -2.17. The van der Waals surface area contributed by atoms with Crippen LogP contribution < -0.4 is 10.6 Å². The second kappa shape index (κ2) is 11.8. The first-order valence-corrected chi connectivity index (χ1v) is 9.26. The Labute approximate surface area is 169 Å². The van der Waals surface area contributed by atoms with Crippen molar-refractivity contribution in [2.45, 2.75) is 46.5 Å². The van der Waals surface area contributed by atoms with E-state index in [-0.39, 0.29) is 24.0 Å². The molecule has 1 aliphatic carbocycles. The lowest BCUT2D eigenvalue weighted by Crippen LogP contribution is -2.40. The third-order valence-electron chi connectivity index (χ3n) is 4.43. The number of ether oxygens (including phenoxy) is 1. The first-order chi connectivity index (χ1) is 11.6. The van der Waals surface area contributed by atoms with Crippen molar-refractivity contribution in [1.29, 1.82) is 0 Å². The van der Waals surface area contributed by atoms with Crippen LogP contribution in [-0.4, -0.2) is 38.8 Å². The molecule has 1 aromatic rings. The van der Waals surface area contributed by atoms with Crippen molar-refractivity contribution in [3.63, 3.8) is 0 Å². The molecule has 1 aromatic heterocycles. The Morgan fingerprint density at radius 1 is 1.36 bits per heavy atom. The maximum absolute atomic E-state index is 5.51. The van der Waals surface area contributed by atoms with Gasteiger partial charge in [-0.25, -0.2) is 0 Å². The summed E-state index contributed by atoms with van der Waals surface area (Å²) in [7, 11) is 0. The number of guanidine groups is 1. The van der Waals surface area contributed by atoms with Crippen molar-refractivity contribution in [2.75, 3.05) is 32.8 Å². The van der Waals surface area contributed by atoms with Crippen LogP contribution in [0.3, 0.4) is 0 Å². The van der Waals surface area contributed by atoms with Gasteiger partial charge in [-0.3, -0.25) is 4.99 Å². The summed E-state index contributed by atoms with van der Waals surface area (Å²) in [4.78, 5) is 4.84. The Morgan fingerprint density at radius 3 is 2.76 bits per heavy atom. The van der Waals surface area contributed by atoms with Gasteiger partial charge in [-0.2, -0.15) is 0 Å². The Kier molecular flexibility index (Phi) is 10.5. The fourth-order valence-electron chi connectivity index (χ4n) is 2.58. The minimum atomic E-state index is 0. The van der Waals surface area contributed by atoms with Crippen LogP contribution >= 0.6 is 24.0 Å². The topological polar surface area (TPSA) is 58.8 Å². The van der Waals surface area contributed by atoms with E-state index in [4.69, 9.17) is 14.1 Å². The van der Waals surface area contributed by atoms with Crippen LogP contribution in [0.15, 0.2) is 27.8 Å². The number of nitrogens with zero attached hydrogens (tertiary/aromatic N) is 1. The normalized spacial score (nSPS) is 15.8. The van der Waals surface area contributed by atoms with E-state index in [2.05, 4.69) is 31.4 Å². The van der Waals surface area contributed by atoms with E-state index in [1.165, 1.54) is 12.8 Å². The third kappa shape index (κ3) is 8.94. The molecule has 0 bridgehead atoms. The summed E-state index contributed by atoms with van der Waals surface area (Å²) in [6, 6.07) is 3.93. The lowest BCUT2D eigenvalue weighted by molar-refractivity contribution is 0.129. The molecule has 0 spiro atoms. The summed E-state index contributed by atoms with van der Waals surface area (Å²) in [6.07, 6.45) is 6.25. The summed E-state index contributed by atoms with van der Waals surface area (Å²) in [5.74, 6) is 2.51. The molecule has 0 aliphatic heterocycles. The van der Waals surface area contributed by atoms with E-state index in [0.717, 1.165) is 57.4 Å². The smallest absolute Gasteiger partial charge is 0.191 e. The van der Waals surface area contributed by atoms with Crippen molar-refractivity contribution < 1.29 is 9.15 Å². The van der Waals surface area contributed by atoms with Gasteiger partial charge in [0, 0.05) is 39.3 Å². The quantitative estimate of drug-likeness (QED) is 0.227. The first kappa shape index (κ1) is 22.3. The molecule has 1 aliphatic rings. The molecule has 0 saturated heterocycles. The first-order valence-electron chi connectivity index (χ1n) is 9.26. The molecule has 2 N–H and O–H groups in total. The maximum atomic E-state index is 5.51. The van der Waals surface area contributed by atoms with Crippen molar-refractivity contribution in [2.24, 2.45) is 16.3 Å². The number of aliphatic imine (C=N–C) groups is 1. The minimum Gasteiger partial charge on any atom is -0.469 e. The highest BCUT2D eigenvalue weighted by Crippen LogP contribution is 2.48. The monoisotopic (exact) mass is 463 g/mol. The van der Waals surface area contributed by atoms with Gasteiger partial charge < -0.3 is 19.8 Å². The van der Waals surface area contributed by atoms with Gasteiger partial charge in [0.1, 0.15) is 5.76 Å². The van der Waals surface area contributed by atoms with Gasteiger partial charge in [0.2, 0.25) is 0 Å². The Hall–Kier alpha value is -0.760. The molecular formula is C19H34IN3O2. The summed E-state index contributed by atoms with van der Waals surface area (Å²) < 4.78 is 10.9. The fraction of sp³-hybridized carbons (Fsp3) is 0.737. The van der Waals surface area contributed by atoms with E-state index < -0.39 is 0 Å². The summed E-state index contributed by atoms with van der Waals surface area (Å²) >= 11 is 0. The number of furan rings is 1. The summed E-state index contributed by atoms with van der Waals surface area (Å²) in [5.41, 5.74) is 0.378. The third-order valence-corrected chi connectivity index (χ3v) is 4.43. The average molecular weight is 463 g/mol. The number of hydrogen-bond acceptors (Lipinski definition) is 3. The van der Waals surface area contributed by atoms with Gasteiger partial charge in [0.05, 0.1) is 6.26 Å². The SMILES string of the molecule is CCOCCC1(CN=C(NCCc2ccco2)NCC(C)C)CC1.I. The molecule has 1 fully saturated rings. The van der Waals surface area contributed by atoms with Crippen molar-refractivity contribution in [3.05, 3.63) is 24.2 Å². The predicted molar refractivity (Wildman–Crippen MR) is 114 cm³/mol. The van der Waals surface area contributed by atoms with Gasteiger partial charge in [-0.1, -0.05) is 13.8 Å². The molecule has 0 amide bonds. The van der Waals surface area contributed by atoms with E-state index >= 15 is 0 Å². The van der Waals surface area contributed by atoms with Crippen LogP contribution in [0.1, 0.15) is 45.8 Å². The zero-order chi connectivity index (χ0) is 17.3. The van der Waals surface area contributed by atoms with Gasteiger partial charge in [-0.15, -0.1) is 24.0 Å². The van der Waals surface area contributed by atoms with Crippen LogP contribution in [-0.2, 0) is 11.2 Å². The Bertz CT molecular complexity index is 485. The van der Waals surface area contributed by atoms with Crippen LogP contribution in [0.25, 0.3) is 0 Å². The van der Waals surface area contributed by atoms with E-state index in [0.29, 0.717) is 11.3 Å². The van der Waals surface area contributed by atoms with Crippen molar-refractivity contribution in [1.82, 2.24) is 10.6 Å². The van der Waals surface area contributed by atoms with E-state index in [1.807, 2.05) is 12.1 Å². The fourth-order valence-corrected chi connectivity index (χ4v) is 2.58. The highest BCUT2D eigenvalue weighted by molar-refractivity contribution is 14.0. The van der Waals surface area contributed by atoms with E-state index in [9.17, 15) is 0 Å². The predicted octanol–water partition coefficient (Wildman–Crippen LogP) is 3.84. The molecule has 2 rings (SSSR count). The molecule has 0 radical (unpaired) electrons. The zero-order valence-corrected chi connectivity index (χ0v) is 18.2. The molecule has 0 unspecified atom stereocenters. The number of rotatable bonds is 11. The Morgan fingerprint density at radius 2 is 2.16 bits per heavy atom. The molecule has 144 valence electrons. The van der Waals surface area contributed by atoms with Crippen LogP contribution in [0.2, 0.25) is 0 Å². The minimum absolute atomic E-state index is 0. The van der Waals surface area contributed by atoms with Gasteiger partial charge in [-0.05, 0) is 49.7 Å². The molecular weight excluding hydrogens is 429 g/mol. The number of halogens is 1. The molecule has 1 heterocycles.